The van der Waals surface area contributed by atoms with E-state index in [4.69, 9.17) is 4.74 Å². The Morgan fingerprint density at radius 1 is 1.52 bits per heavy atom. The Morgan fingerprint density at radius 3 is 2.90 bits per heavy atom. The van der Waals surface area contributed by atoms with E-state index in [2.05, 4.69) is 12.2 Å². The van der Waals surface area contributed by atoms with E-state index in [0.29, 0.717) is 11.5 Å². The van der Waals surface area contributed by atoms with Crippen LogP contribution in [0.25, 0.3) is 0 Å². The minimum absolute atomic E-state index is 0.0471. The van der Waals surface area contributed by atoms with Crippen molar-refractivity contribution in [3.8, 4) is 0 Å². The summed E-state index contributed by atoms with van der Waals surface area (Å²) in [4.78, 5) is 1.44. The average Bonchev–Trinajstić information content (AvgIpc) is 3.07. The second-order valence-electron chi connectivity index (χ2n) is 5.38. The molecule has 21 heavy (non-hydrogen) atoms. The van der Waals surface area contributed by atoms with Gasteiger partial charge in [-0.25, -0.2) is 8.42 Å². The van der Waals surface area contributed by atoms with Crippen molar-refractivity contribution in [1.82, 2.24) is 9.62 Å². The molecule has 0 spiro atoms. The molecule has 1 aliphatic heterocycles. The van der Waals surface area contributed by atoms with Gasteiger partial charge in [0.15, 0.2) is 0 Å². The smallest absolute Gasteiger partial charge is 0.243 e. The van der Waals surface area contributed by atoms with Crippen LogP contribution in [0.4, 0.5) is 0 Å². The Morgan fingerprint density at radius 2 is 2.29 bits per heavy atom. The molecule has 2 atom stereocenters. The molecule has 1 aromatic rings. The van der Waals surface area contributed by atoms with Crippen molar-refractivity contribution in [1.29, 1.82) is 0 Å². The predicted molar refractivity (Wildman–Crippen MR) is 85.1 cm³/mol. The molecule has 2 rings (SSSR count). The number of likely N-dealkylation sites (N-methyl/N-ethyl adjacent to an activating group) is 1. The lowest BCUT2D eigenvalue weighted by atomic mass is 10.2. The molecule has 1 N–H and O–H groups in total. The van der Waals surface area contributed by atoms with Crippen molar-refractivity contribution in [2.75, 3.05) is 20.2 Å². The van der Waals surface area contributed by atoms with Crippen LogP contribution in [0.15, 0.2) is 16.3 Å². The van der Waals surface area contributed by atoms with Crippen molar-refractivity contribution >= 4 is 21.4 Å². The fourth-order valence-corrected chi connectivity index (χ4v) is 5.20. The summed E-state index contributed by atoms with van der Waals surface area (Å²) in [7, 11) is -1.78. The molecule has 1 saturated heterocycles. The van der Waals surface area contributed by atoms with E-state index in [-0.39, 0.29) is 12.1 Å². The summed E-state index contributed by atoms with van der Waals surface area (Å²) in [5.74, 6) is 0. The van der Waals surface area contributed by atoms with E-state index in [0.717, 1.165) is 30.8 Å². The minimum atomic E-state index is -3.43. The van der Waals surface area contributed by atoms with Crippen molar-refractivity contribution in [3.63, 3.8) is 0 Å². The van der Waals surface area contributed by atoms with E-state index >= 15 is 0 Å². The first-order chi connectivity index (χ1) is 9.96. The largest absolute Gasteiger partial charge is 0.377 e. The molecule has 2 unspecified atom stereocenters. The quantitative estimate of drug-likeness (QED) is 0.777. The van der Waals surface area contributed by atoms with Gasteiger partial charge < -0.3 is 10.1 Å². The molecule has 0 radical (unpaired) electrons. The normalized spacial score (nSPS) is 23.0. The van der Waals surface area contributed by atoms with Gasteiger partial charge in [0.2, 0.25) is 10.0 Å². The molecule has 120 valence electrons. The highest BCUT2D eigenvalue weighted by Crippen LogP contribution is 2.27. The predicted octanol–water partition coefficient (Wildman–Crippen LogP) is 2.05. The lowest BCUT2D eigenvalue weighted by Gasteiger charge is -2.25. The molecule has 1 aliphatic rings. The lowest BCUT2D eigenvalue weighted by Crippen LogP contribution is -2.40. The zero-order chi connectivity index (χ0) is 15.5. The Labute approximate surface area is 131 Å². The Kier molecular flexibility index (Phi) is 5.79. The molecule has 2 heterocycles. The number of hydrogen-bond acceptors (Lipinski definition) is 5. The van der Waals surface area contributed by atoms with Gasteiger partial charge in [-0.1, -0.05) is 6.92 Å². The van der Waals surface area contributed by atoms with Crippen LogP contribution in [0.3, 0.4) is 0 Å². The van der Waals surface area contributed by atoms with Crippen LogP contribution in [0.1, 0.15) is 31.6 Å². The SMILES string of the molecule is CCCNCc1cc(S(=O)(=O)N(C)C2CCOC2C)cs1. The molecule has 0 amide bonds. The number of rotatable bonds is 7. The molecule has 0 saturated carbocycles. The van der Waals surface area contributed by atoms with Crippen molar-refractivity contribution in [3.05, 3.63) is 16.3 Å². The van der Waals surface area contributed by atoms with Crippen LogP contribution < -0.4 is 5.32 Å². The van der Waals surface area contributed by atoms with Gasteiger partial charge in [-0.3, -0.25) is 0 Å². The number of nitrogens with one attached hydrogen (secondary N) is 1. The molecule has 7 heteroatoms. The third-order valence-electron chi connectivity index (χ3n) is 3.84. The molecule has 1 fully saturated rings. The van der Waals surface area contributed by atoms with Crippen LogP contribution in [-0.2, 0) is 21.3 Å². The Hall–Kier alpha value is -0.470. The fraction of sp³-hybridized carbons (Fsp3) is 0.714. The van der Waals surface area contributed by atoms with Crippen molar-refractivity contribution < 1.29 is 13.2 Å². The maximum Gasteiger partial charge on any atom is 0.243 e. The second kappa shape index (κ2) is 7.19. The number of ether oxygens (including phenoxy) is 1. The standard InChI is InChI=1S/C14H24N2O3S2/c1-4-6-15-9-12-8-13(10-20-12)21(17,18)16(3)14-5-7-19-11(14)2/h8,10-11,14-15H,4-7,9H2,1-3H3. The van der Waals surface area contributed by atoms with Gasteiger partial charge in [0.1, 0.15) is 0 Å². The van der Waals surface area contributed by atoms with Crippen LogP contribution in [-0.4, -0.2) is 45.1 Å². The van der Waals surface area contributed by atoms with Crippen LogP contribution >= 0.6 is 11.3 Å². The van der Waals surface area contributed by atoms with E-state index in [1.54, 1.807) is 18.5 Å². The zero-order valence-electron chi connectivity index (χ0n) is 12.8. The molecule has 0 aliphatic carbocycles. The minimum Gasteiger partial charge on any atom is -0.377 e. The third kappa shape index (κ3) is 3.84. The summed E-state index contributed by atoms with van der Waals surface area (Å²) in [6, 6.07) is 1.70. The van der Waals surface area contributed by atoms with Crippen LogP contribution in [0.2, 0.25) is 0 Å². The average molecular weight is 332 g/mol. The van der Waals surface area contributed by atoms with Gasteiger partial charge in [0.05, 0.1) is 17.0 Å². The molecular formula is C14H24N2O3S2. The van der Waals surface area contributed by atoms with E-state index in [9.17, 15) is 8.42 Å². The van der Waals surface area contributed by atoms with Gasteiger partial charge in [0, 0.05) is 30.5 Å². The Bertz CT molecular complexity index is 556. The first kappa shape index (κ1) is 16.9. The molecule has 0 bridgehead atoms. The number of nitrogens with zero attached hydrogens (tertiary/aromatic N) is 1. The molecular weight excluding hydrogens is 308 g/mol. The van der Waals surface area contributed by atoms with Gasteiger partial charge in [-0.2, -0.15) is 4.31 Å². The highest BCUT2D eigenvalue weighted by molar-refractivity contribution is 7.89. The van der Waals surface area contributed by atoms with Gasteiger partial charge in [-0.05, 0) is 32.4 Å². The van der Waals surface area contributed by atoms with Gasteiger partial charge in [-0.15, -0.1) is 11.3 Å². The monoisotopic (exact) mass is 332 g/mol. The number of thiophene rings is 1. The second-order valence-corrected chi connectivity index (χ2v) is 8.37. The molecule has 5 nitrogen and oxygen atoms in total. The Balaban J connectivity index is 2.08. The van der Waals surface area contributed by atoms with E-state index in [1.807, 2.05) is 6.92 Å². The summed E-state index contributed by atoms with van der Waals surface area (Å²) in [6.07, 6.45) is 1.78. The van der Waals surface area contributed by atoms with Crippen LogP contribution in [0.5, 0.6) is 0 Å². The summed E-state index contributed by atoms with van der Waals surface area (Å²) in [6.45, 7) is 6.33. The first-order valence-corrected chi connectivity index (χ1v) is 9.66. The van der Waals surface area contributed by atoms with Gasteiger partial charge >= 0.3 is 0 Å². The van der Waals surface area contributed by atoms with Crippen molar-refractivity contribution in [2.45, 2.75) is 50.3 Å². The summed E-state index contributed by atoms with van der Waals surface area (Å²) in [5.41, 5.74) is 0. The molecule has 0 aromatic carbocycles. The highest BCUT2D eigenvalue weighted by atomic mass is 32.2. The number of hydrogen-bond donors (Lipinski definition) is 1. The summed E-state index contributed by atoms with van der Waals surface area (Å²) >= 11 is 1.49. The topological polar surface area (TPSA) is 58.6 Å². The summed E-state index contributed by atoms with van der Waals surface area (Å²) in [5, 5.41) is 5.02. The third-order valence-corrected chi connectivity index (χ3v) is 6.78. The van der Waals surface area contributed by atoms with Gasteiger partial charge in [0.25, 0.3) is 0 Å². The van der Waals surface area contributed by atoms with Crippen molar-refractivity contribution in [2.24, 2.45) is 0 Å². The first-order valence-electron chi connectivity index (χ1n) is 7.34. The molecule has 1 aromatic heterocycles. The van der Waals surface area contributed by atoms with E-state index < -0.39 is 10.0 Å². The summed E-state index contributed by atoms with van der Waals surface area (Å²) < 4.78 is 32.3. The number of sulfonamides is 1. The maximum absolute atomic E-state index is 12.7. The highest BCUT2D eigenvalue weighted by Gasteiger charge is 2.35. The fourth-order valence-electron chi connectivity index (χ4n) is 2.52. The maximum atomic E-state index is 12.7. The lowest BCUT2D eigenvalue weighted by molar-refractivity contribution is 0.102. The van der Waals surface area contributed by atoms with Crippen LogP contribution in [0, 0.1) is 0 Å². The zero-order valence-corrected chi connectivity index (χ0v) is 14.5. The van der Waals surface area contributed by atoms with E-state index in [1.165, 1.54) is 15.6 Å².